The number of amides is 1. The maximum absolute atomic E-state index is 11.9. The second-order valence-corrected chi connectivity index (χ2v) is 6.47. The molecule has 0 aliphatic carbocycles. The Hall–Kier alpha value is -0.980. The zero-order valence-corrected chi connectivity index (χ0v) is 13.8. The van der Waals surface area contributed by atoms with Gasteiger partial charge in [-0.25, -0.2) is 0 Å². The van der Waals surface area contributed by atoms with Gasteiger partial charge >= 0.3 is 0 Å². The molecule has 0 atom stereocenters. The van der Waals surface area contributed by atoms with Crippen LogP contribution >= 0.6 is 23.6 Å². The number of likely N-dealkylation sites (N-methyl/N-ethyl adjacent to an activating group) is 1. The minimum atomic E-state index is 0.143. The Morgan fingerprint density at radius 2 is 2.05 bits per heavy atom. The standard InChI is InChI=1S/C14H23N3OS2/c1-16(8-5-12-4-3-11-20-12)9-7-14(18)17(2)10-6-13(15)19/h3-4,11H,5-10H2,1-2H3,(H2,15,19). The molecule has 20 heavy (non-hydrogen) atoms. The highest BCUT2D eigenvalue weighted by atomic mass is 32.1. The molecule has 0 saturated carbocycles. The van der Waals surface area contributed by atoms with E-state index in [1.165, 1.54) is 4.88 Å². The molecule has 0 bridgehead atoms. The van der Waals surface area contributed by atoms with E-state index in [0.717, 1.165) is 19.5 Å². The number of carbonyl (C=O) groups excluding carboxylic acids is 1. The van der Waals surface area contributed by atoms with Crippen LogP contribution in [-0.4, -0.2) is 54.4 Å². The molecule has 1 aromatic rings. The summed E-state index contributed by atoms with van der Waals surface area (Å²) in [6, 6.07) is 4.22. The number of hydrogen-bond donors (Lipinski definition) is 1. The Labute approximate surface area is 130 Å². The molecule has 1 rings (SSSR count). The molecule has 112 valence electrons. The number of hydrogen-bond acceptors (Lipinski definition) is 4. The van der Waals surface area contributed by atoms with Crippen LogP contribution in [0.4, 0.5) is 0 Å². The lowest BCUT2D eigenvalue weighted by molar-refractivity contribution is -0.130. The van der Waals surface area contributed by atoms with Crippen LogP contribution < -0.4 is 5.73 Å². The van der Waals surface area contributed by atoms with Crippen molar-refractivity contribution in [1.29, 1.82) is 0 Å². The van der Waals surface area contributed by atoms with E-state index >= 15 is 0 Å². The van der Waals surface area contributed by atoms with Gasteiger partial charge in [-0.15, -0.1) is 11.3 Å². The Morgan fingerprint density at radius 3 is 2.65 bits per heavy atom. The van der Waals surface area contributed by atoms with Crippen molar-refractivity contribution in [2.45, 2.75) is 19.3 Å². The fourth-order valence-electron chi connectivity index (χ4n) is 1.75. The Balaban J connectivity index is 2.17. The number of thiophene rings is 1. The second kappa shape index (κ2) is 9.05. The van der Waals surface area contributed by atoms with Gasteiger partial charge in [-0.2, -0.15) is 0 Å². The van der Waals surface area contributed by atoms with Gasteiger partial charge in [0.25, 0.3) is 0 Å². The van der Waals surface area contributed by atoms with Gasteiger partial charge in [-0.05, 0) is 24.9 Å². The Kier molecular flexibility index (Phi) is 7.72. The van der Waals surface area contributed by atoms with Gasteiger partial charge in [0.15, 0.2) is 0 Å². The normalized spacial score (nSPS) is 10.8. The molecule has 0 aromatic carbocycles. The third-order valence-corrected chi connectivity index (χ3v) is 4.29. The van der Waals surface area contributed by atoms with Gasteiger partial charge in [0.1, 0.15) is 0 Å². The lowest BCUT2D eigenvalue weighted by atomic mass is 10.3. The molecule has 0 aliphatic rings. The van der Waals surface area contributed by atoms with E-state index in [1.54, 1.807) is 23.3 Å². The van der Waals surface area contributed by atoms with Gasteiger partial charge in [0, 0.05) is 44.4 Å². The lowest BCUT2D eigenvalue weighted by Gasteiger charge is -2.20. The SMILES string of the molecule is CN(CCC(=O)N(C)CCC(N)=S)CCc1cccs1. The van der Waals surface area contributed by atoms with Crippen molar-refractivity contribution in [3.05, 3.63) is 22.4 Å². The summed E-state index contributed by atoms with van der Waals surface area (Å²) in [7, 11) is 3.85. The summed E-state index contributed by atoms with van der Waals surface area (Å²) in [4.78, 5) is 17.6. The highest BCUT2D eigenvalue weighted by molar-refractivity contribution is 7.80. The molecule has 0 radical (unpaired) electrons. The van der Waals surface area contributed by atoms with E-state index in [9.17, 15) is 4.79 Å². The molecule has 0 fully saturated rings. The molecular formula is C14H23N3OS2. The number of rotatable bonds is 9. The van der Waals surface area contributed by atoms with Crippen LogP contribution in [0.25, 0.3) is 0 Å². The third-order valence-electron chi connectivity index (χ3n) is 3.15. The molecule has 4 nitrogen and oxygen atoms in total. The van der Waals surface area contributed by atoms with Gasteiger partial charge in [0.05, 0.1) is 4.99 Å². The lowest BCUT2D eigenvalue weighted by Crippen LogP contribution is -2.33. The van der Waals surface area contributed by atoms with Gasteiger partial charge in [0.2, 0.25) is 5.91 Å². The quantitative estimate of drug-likeness (QED) is 0.706. The number of carbonyl (C=O) groups is 1. The number of nitrogens with zero attached hydrogens (tertiary/aromatic N) is 2. The van der Waals surface area contributed by atoms with Gasteiger partial charge in [-0.3, -0.25) is 4.79 Å². The monoisotopic (exact) mass is 313 g/mol. The topological polar surface area (TPSA) is 49.6 Å². The third kappa shape index (κ3) is 6.98. The molecular weight excluding hydrogens is 290 g/mol. The average Bonchev–Trinajstić information content (AvgIpc) is 2.92. The van der Waals surface area contributed by atoms with Crippen molar-refractivity contribution < 1.29 is 4.79 Å². The summed E-state index contributed by atoms with van der Waals surface area (Å²) < 4.78 is 0. The first-order valence-electron chi connectivity index (χ1n) is 6.72. The zero-order valence-electron chi connectivity index (χ0n) is 12.2. The molecule has 0 saturated heterocycles. The molecule has 0 aliphatic heterocycles. The summed E-state index contributed by atoms with van der Waals surface area (Å²) >= 11 is 6.59. The van der Waals surface area contributed by atoms with E-state index in [4.69, 9.17) is 18.0 Å². The van der Waals surface area contributed by atoms with Crippen LogP contribution in [0.3, 0.4) is 0 Å². The van der Waals surface area contributed by atoms with Crippen LogP contribution in [0.2, 0.25) is 0 Å². The molecule has 0 spiro atoms. The van der Waals surface area contributed by atoms with E-state index in [2.05, 4.69) is 29.5 Å². The second-order valence-electron chi connectivity index (χ2n) is 4.91. The zero-order chi connectivity index (χ0) is 15.0. The smallest absolute Gasteiger partial charge is 0.223 e. The van der Waals surface area contributed by atoms with E-state index < -0.39 is 0 Å². The minimum absolute atomic E-state index is 0.143. The summed E-state index contributed by atoms with van der Waals surface area (Å²) in [5.74, 6) is 0.143. The molecule has 6 heteroatoms. The van der Waals surface area contributed by atoms with Crippen LogP contribution in [0.15, 0.2) is 17.5 Å². The largest absolute Gasteiger partial charge is 0.393 e. The summed E-state index contributed by atoms with van der Waals surface area (Å²) in [5, 5.41) is 2.09. The van der Waals surface area contributed by atoms with Gasteiger partial charge < -0.3 is 15.5 Å². The van der Waals surface area contributed by atoms with E-state index in [-0.39, 0.29) is 5.91 Å². The predicted molar refractivity (Wildman–Crippen MR) is 89.2 cm³/mol. The van der Waals surface area contributed by atoms with E-state index in [0.29, 0.717) is 24.4 Å². The fourth-order valence-corrected chi connectivity index (χ4v) is 2.54. The molecule has 1 amide bonds. The van der Waals surface area contributed by atoms with Crippen LogP contribution in [0, 0.1) is 0 Å². The van der Waals surface area contributed by atoms with Crippen molar-refractivity contribution in [3.63, 3.8) is 0 Å². The minimum Gasteiger partial charge on any atom is -0.393 e. The Bertz CT molecular complexity index is 420. The number of thiocarbonyl (C=S) groups is 1. The molecule has 1 aromatic heterocycles. The van der Waals surface area contributed by atoms with E-state index in [1.807, 2.05) is 0 Å². The van der Waals surface area contributed by atoms with Crippen molar-refractivity contribution in [3.8, 4) is 0 Å². The Morgan fingerprint density at radius 1 is 1.30 bits per heavy atom. The van der Waals surface area contributed by atoms with Crippen molar-refractivity contribution in [2.24, 2.45) is 5.73 Å². The highest BCUT2D eigenvalue weighted by Crippen LogP contribution is 2.09. The highest BCUT2D eigenvalue weighted by Gasteiger charge is 2.10. The maximum Gasteiger partial charge on any atom is 0.223 e. The van der Waals surface area contributed by atoms with Crippen molar-refractivity contribution in [2.75, 3.05) is 33.7 Å². The van der Waals surface area contributed by atoms with Crippen LogP contribution in [0.1, 0.15) is 17.7 Å². The summed E-state index contributed by atoms with van der Waals surface area (Å²) in [6.07, 6.45) is 2.17. The summed E-state index contributed by atoms with van der Waals surface area (Å²) in [6.45, 7) is 2.36. The fraction of sp³-hybridized carbons (Fsp3) is 0.571. The van der Waals surface area contributed by atoms with Crippen LogP contribution in [0.5, 0.6) is 0 Å². The van der Waals surface area contributed by atoms with Crippen molar-refractivity contribution in [1.82, 2.24) is 9.80 Å². The van der Waals surface area contributed by atoms with Crippen LogP contribution in [-0.2, 0) is 11.2 Å². The molecule has 1 heterocycles. The maximum atomic E-state index is 11.9. The van der Waals surface area contributed by atoms with Crippen molar-refractivity contribution >= 4 is 34.5 Å². The molecule has 2 N–H and O–H groups in total. The number of nitrogens with two attached hydrogens (primary N) is 1. The average molecular weight is 313 g/mol. The first-order chi connectivity index (χ1) is 9.49. The summed E-state index contributed by atoms with van der Waals surface area (Å²) in [5.41, 5.74) is 5.44. The van der Waals surface area contributed by atoms with Gasteiger partial charge in [-0.1, -0.05) is 18.3 Å². The predicted octanol–water partition coefficient (Wildman–Crippen LogP) is 1.75. The molecule has 0 unspecified atom stereocenters. The first-order valence-corrected chi connectivity index (χ1v) is 8.01. The first kappa shape index (κ1) is 17.1.